The van der Waals surface area contributed by atoms with Crippen LogP contribution < -0.4 is 16.0 Å². The Balaban J connectivity index is 2.36. The minimum Gasteiger partial charge on any atom is -0.497 e. The van der Waals surface area contributed by atoms with Crippen LogP contribution in [-0.4, -0.2) is 16.7 Å². The van der Waals surface area contributed by atoms with Crippen LogP contribution >= 0.6 is 15.9 Å². The average Bonchev–Trinajstić information content (AvgIpc) is 2.36. The van der Waals surface area contributed by atoms with E-state index in [-0.39, 0.29) is 0 Å². The molecule has 0 amide bonds. The van der Waals surface area contributed by atoms with Crippen molar-refractivity contribution in [2.24, 2.45) is 0 Å². The van der Waals surface area contributed by atoms with E-state index in [4.69, 9.17) is 4.74 Å². The molecule has 1 heterocycles. The van der Waals surface area contributed by atoms with Crippen LogP contribution in [0.5, 0.6) is 5.75 Å². The summed E-state index contributed by atoms with van der Waals surface area (Å²) in [5.74, 6) is 0.726. The molecule has 18 heavy (non-hydrogen) atoms. The molecule has 0 fully saturated rings. The molecule has 5 nitrogen and oxygen atoms in total. The van der Waals surface area contributed by atoms with E-state index < -0.39 is 11.2 Å². The van der Waals surface area contributed by atoms with E-state index in [0.717, 1.165) is 11.3 Å². The fourth-order valence-electron chi connectivity index (χ4n) is 1.57. The van der Waals surface area contributed by atoms with Gasteiger partial charge in [-0.3, -0.25) is 14.3 Å². The number of nitrogens with one attached hydrogen (secondary N) is 1. The predicted molar refractivity (Wildman–Crippen MR) is 71.1 cm³/mol. The summed E-state index contributed by atoms with van der Waals surface area (Å²) in [6.07, 6.45) is 1.47. The van der Waals surface area contributed by atoms with Crippen LogP contribution in [0.15, 0.2) is 44.5 Å². The number of rotatable bonds is 3. The maximum absolute atomic E-state index is 11.6. The lowest BCUT2D eigenvalue weighted by atomic mass is 10.2. The highest BCUT2D eigenvalue weighted by Crippen LogP contribution is 2.13. The molecule has 0 aliphatic rings. The molecule has 0 bridgehead atoms. The smallest absolute Gasteiger partial charge is 0.328 e. The standard InChI is InChI=1S/C12H11BrN2O3/c1-18-9-4-2-3-8(5-9)6-15-7-10(13)11(16)14-12(15)17/h2-5,7H,6H2,1H3,(H,14,16,17). The lowest BCUT2D eigenvalue weighted by Gasteiger charge is -2.07. The van der Waals surface area contributed by atoms with Gasteiger partial charge in [0.2, 0.25) is 0 Å². The first kappa shape index (κ1) is 12.6. The highest BCUT2D eigenvalue weighted by Gasteiger charge is 2.03. The highest BCUT2D eigenvalue weighted by molar-refractivity contribution is 9.10. The molecule has 2 aromatic rings. The zero-order chi connectivity index (χ0) is 13.1. The molecule has 0 saturated carbocycles. The summed E-state index contributed by atoms with van der Waals surface area (Å²) in [6.45, 7) is 0.366. The van der Waals surface area contributed by atoms with E-state index in [2.05, 4.69) is 20.9 Å². The molecule has 0 unspecified atom stereocenters. The molecule has 2 rings (SSSR count). The molecule has 1 aromatic heterocycles. The number of benzene rings is 1. The summed E-state index contributed by atoms with van der Waals surface area (Å²) in [6, 6.07) is 7.40. The van der Waals surface area contributed by atoms with Crippen molar-refractivity contribution in [3.63, 3.8) is 0 Å². The first-order chi connectivity index (χ1) is 8.60. The topological polar surface area (TPSA) is 64.1 Å². The third-order valence-electron chi connectivity index (χ3n) is 2.45. The monoisotopic (exact) mass is 310 g/mol. The second-order valence-electron chi connectivity index (χ2n) is 3.72. The fourth-order valence-corrected chi connectivity index (χ4v) is 1.91. The number of nitrogens with zero attached hydrogens (tertiary/aromatic N) is 1. The fraction of sp³-hybridized carbons (Fsp3) is 0.167. The van der Waals surface area contributed by atoms with Gasteiger partial charge in [0.1, 0.15) is 5.75 Å². The van der Waals surface area contributed by atoms with Crippen LogP contribution in [0.3, 0.4) is 0 Å². The number of hydrogen-bond donors (Lipinski definition) is 1. The molecule has 1 N–H and O–H groups in total. The Labute approximate surface area is 111 Å². The number of ether oxygens (including phenoxy) is 1. The third-order valence-corrected chi connectivity index (χ3v) is 3.02. The third kappa shape index (κ3) is 2.70. The van der Waals surface area contributed by atoms with Crippen molar-refractivity contribution in [1.82, 2.24) is 9.55 Å². The minimum absolute atomic E-state index is 0.324. The Morgan fingerprint density at radius 2 is 2.17 bits per heavy atom. The van der Waals surface area contributed by atoms with Crippen LogP contribution in [0.25, 0.3) is 0 Å². The van der Waals surface area contributed by atoms with Gasteiger partial charge in [0.15, 0.2) is 0 Å². The molecule has 6 heteroatoms. The van der Waals surface area contributed by atoms with Gasteiger partial charge < -0.3 is 4.74 Å². The van der Waals surface area contributed by atoms with E-state index in [1.807, 2.05) is 24.3 Å². The quantitative estimate of drug-likeness (QED) is 0.931. The molecule has 1 aromatic carbocycles. The molecule has 0 radical (unpaired) electrons. The Hall–Kier alpha value is -1.82. The average molecular weight is 311 g/mol. The van der Waals surface area contributed by atoms with Crippen molar-refractivity contribution >= 4 is 15.9 Å². The zero-order valence-electron chi connectivity index (χ0n) is 9.64. The Morgan fingerprint density at radius 3 is 2.89 bits per heavy atom. The summed E-state index contributed by atoms with van der Waals surface area (Å²) in [5.41, 5.74) is 0.0447. The molecule has 0 saturated heterocycles. The van der Waals surface area contributed by atoms with Crippen molar-refractivity contribution in [1.29, 1.82) is 0 Å². The molecular formula is C12H11BrN2O3. The second-order valence-corrected chi connectivity index (χ2v) is 4.57. The highest BCUT2D eigenvalue weighted by atomic mass is 79.9. The van der Waals surface area contributed by atoms with Gasteiger partial charge in [-0.2, -0.15) is 0 Å². The maximum atomic E-state index is 11.6. The van der Waals surface area contributed by atoms with Crippen LogP contribution in [-0.2, 0) is 6.54 Å². The first-order valence-corrected chi connectivity index (χ1v) is 6.01. The summed E-state index contributed by atoms with van der Waals surface area (Å²) in [4.78, 5) is 25.0. The lowest BCUT2D eigenvalue weighted by Crippen LogP contribution is -2.30. The summed E-state index contributed by atoms with van der Waals surface area (Å²) in [7, 11) is 1.59. The van der Waals surface area contributed by atoms with E-state index in [1.165, 1.54) is 10.8 Å². The normalized spacial score (nSPS) is 10.3. The van der Waals surface area contributed by atoms with Crippen molar-refractivity contribution in [3.05, 3.63) is 61.3 Å². The molecule has 0 aliphatic heterocycles. The molecular weight excluding hydrogens is 300 g/mol. The summed E-state index contributed by atoms with van der Waals surface area (Å²) in [5, 5.41) is 0. The van der Waals surface area contributed by atoms with E-state index in [0.29, 0.717) is 11.0 Å². The number of H-pyrrole nitrogens is 1. The van der Waals surface area contributed by atoms with Gasteiger partial charge in [0.25, 0.3) is 5.56 Å². The van der Waals surface area contributed by atoms with Crippen LogP contribution in [0.1, 0.15) is 5.56 Å². The largest absolute Gasteiger partial charge is 0.497 e. The SMILES string of the molecule is COc1cccc(Cn2cc(Br)c(=O)[nH]c2=O)c1. The van der Waals surface area contributed by atoms with E-state index >= 15 is 0 Å². The maximum Gasteiger partial charge on any atom is 0.328 e. The van der Waals surface area contributed by atoms with E-state index in [1.54, 1.807) is 7.11 Å². The van der Waals surface area contributed by atoms with Crippen LogP contribution in [0.2, 0.25) is 0 Å². The van der Waals surface area contributed by atoms with E-state index in [9.17, 15) is 9.59 Å². The molecule has 0 atom stereocenters. The number of methoxy groups -OCH3 is 1. The number of aromatic amines is 1. The van der Waals surface area contributed by atoms with Gasteiger partial charge in [-0.1, -0.05) is 12.1 Å². The van der Waals surface area contributed by atoms with Gasteiger partial charge in [-0.25, -0.2) is 4.79 Å². The molecule has 94 valence electrons. The van der Waals surface area contributed by atoms with Crippen LogP contribution in [0, 0.1) is 0 Å². The predicted octanol–water partition coefficient (Wildman–Crippen LogP) is 1.36. The van der Waals surface area contributed by atoms with Crippen LogP contribution in [0.4, 0.5) is 0 Å². The van der Waals surface area contributed by atoms with Crippen molar-refractivity contribution in [3.8, 4) is 5.75 Å². The number of aromatic nitrogens is 2. The summed E-state index contributed by atoms with van der Waals surface area (Å²) >= 11 is 3.09. The second kappa shape index (κ2) is 5.22. The zero-order valence-corrected chi connectivity index (χ0v) is 11.2. The van der Waals surface area contributed by atoms with Crippen molar-refractivity contribution in [2.75, 3.05) is 7.11 Å². The minimum atomic E-state index is -0.439. The summed E-state index contributed by atoms with van der Waals surface area (Å²) < 4.78 is 6.85. The Morgan fingerprint density at radius 1 is 1.39 bits per heavy atom. The van der Waals surface area contributed by atoms with Gasteiger partial charge in [0, 0.05) is 6.20 Å². The number of hydrogen-bond acceptors (Lipinski definition) is 3. The molecule has 0 aliphatic carbocycles. The van der Waals surface area contributed by atoms with Gasteiger partial charge in [0.05, 0.1) is 18.1 Å². The Bertz CT molecular complexity index is 676. The lowest BCUT2D eigenvalue weighted by molar-refractivity contribution is 0.414. The van der Waals surface area contributed by atoms with Crippen molar-refractivity contribution < 1.29 is 4.74 Å². The van der Waals surface area contributed by atoms with Crippen molar-refractivity contribution in [2.45, 2.75) is 6.54 Å². The number of halogens is 1. The molecule has 0 spiro atoms. The van der Waals surface area contributed by atoms with Gasteiger partial charge >= 0.3 is 5.69 Å². The van der Waals surface area contributed by atoms with Gasteiger partial charge in [-0.15, -0.1) is 0 Å². The first-order valence-electron chi connectivity index (χ1n) is 5.22. The van der Waals surface area contributed by atoms with Gasteiger partial charge in [-0.05, 0) is 33.6 Å². The Kier molecular flexibility index (Phi) is 3.66.